The van der Waals surface area contributed by atoms with Crippen molar-refractivity contribution in [2.24, 2.45) is 7.05 Å². The highest BCUT2D eigenvalue weighted by Gasteiger charge is 2.09. The summed E-state index contributed by atoms with van der Waals surface area (Å²) in [5.74, 6) is -1.07. The Morgan fingerprint density at radius 3 is 2.70 bits per heavy atom. The number of hydrogen-bond donors (Lipinski definition) is 1. The molecule has 0 amide bonds. The topological polar surface area (TPSA) is 76.6 Å². The number of fused-ring (bicyclic) bond motifs is 1. The van der Waals surface area contributed by atoms with E-state index in [0.29, 0.717) is 5.65 Å². The maximum Gasteiger partial charge on any atom is 0.356 e. The van der Waals surface area contributed by atoms with E-state index in [1.165, 1.54) is 16.8 Å². The number of rotatable bonds is 2. The van der Waals surface area contributed by atoms with Gasteiger partial charge in [0.15, 0.2) is 5.69 Å². The quantitative estimate of drug-likeness (QED) is 0.763. The van der Waals surface area contributed by atoms with Gasteiger partial charge in [0.2, 0.25) is 0 Å². The molecule has 0 unspecified atom stereocenters. The van der Waals surface area contributed by atoms with Gasteiger partial charge in [0.05, 0.1) is 0 Å². The Labute approximate surface area is 113 Å². The van der Waals surface area contributed by atoms with E-state index in [-0.39, 0.29) is 11.3 Å². The van der Waals surface area contributed by atoms with E-state index >= 15 is 0 Å². The first-order chi connectivity index (χ1) is 9.54. The molecule has 0 atom stereocenters. The van der Waals surface area contributed by atoms with Crippen LogP contribution in [0.4, 0.5) is 0 Å². The second kappa shape index (κ2) is 4.34. The van der Waals surface area contributed by atoms with Crippen LogP contribution in [0.1, 0.15) is 10.5 Å². The Morgan fingerprint density at radius 2 is 2.00 bits per heavy atom. The molecule has 0 spiro atoms. The summed E-state index contributed by atoms with van der Waals surface area (Å²) >= 11 is 0. The number of carboxylic acid groups (broad SMARTS) is 1. The van der Waals surface area contributed by atoms with Crippen LogP contribution in [0.2, 0.25) is 0 Å². The number of pyridine rings is 2. The van der Waals surface area contributed by atoms with Crippen molar-refractivity contribution >= 4 is 11.6 Å². The third-order valence-electron chi connectivity index (χ3n) is 3.11. The van der Waals surface area contributed by atoms with Crippen molar-refractivity contribution in [1.82, 2.24) is 14.0 Å². The van der Waals surface area contributed by atoms with Crippen LogP contribution in [-0.2, 0) is 7.05 Å². The number of imidazole rings is 1. The largest absolute Gasteiger partial charge is 0.476 e. The molecule has 0 aliphatic heterocycles. The fraction of sp³-hybridized carbons (Fsp3) is 0.0714. The van der Waals surface area contributed by atoms with Crippen LogP contribution < -0.4 is 5.56 Å². The molecule has 0 aromatic carbocycles. The summed E-state index contributed by atoms with van der Waals surface area (Å²) in [6.07, 6.45) is 4.89. The first kappa shape index (κ1) is 12.2. The van der Waals surface area contributed by atoms with Crippen molar-refractivity contribution in [3.8, 4) is 11.1 Å². The van der Waals surface area contributed by atoms with Gasteiger partial charge in [-0.1, -0.05) is 0 Å². The number of nitrogens with zero attached hydrogens (tertiary/aromatic N) is 3. The molecule has 0 saturated carbocycles. The van der Waals surface area contributed by atoms with Crippen LogP contribution in [0.5, 0.6) is 0 Å². The predicted molar refractivity (Wildman–Crippen MR) is 72.8 cm³/mol. The summed E-state index contributed by atoms with van der Waals surface area (Å²) in [4.78, 5) is 26.5. The van der Waals surface area contributed by atoms with E-state index in [1.807, 2.05) is 12.1 Å². The van der Waals surface area contributed by atoms with Crippen LogP contribution in [0.15, 0.2) is 47.7 Å². The zero-order valence-electron chi connectivity index (χ0n) is 10.6. The molecule has 3 heterocycles. The average molecular weight is 269 g/mol. The third-order valence-corrected chi connectivity index (χ3v) is 3.11. The lowest BCUT2D eigenvalue weighted by Crippen LogP contribution is -2.14. The highest BCUT2D eigenvalue weighted by molar-refractivity contribution is 5.86. The highest BCUT2D eigenvalue weighted by Crippen LogP contribution is 2.18. The van der Waals surface area contributed by atoms with Gasteiger partial charge in [-0.2, -0.15) is 0 Å². The minimum Gasteiger partial charge on any atom is -0.476 e. The van der Waals surface area contributed by atoms with Crippen molar-refractivity contribution in [2.75, 3.05) is 0 Å². The van der Waals surface area contributed by atoms with Gasteiger partial charge < -0.3 is 14.1 Å². The predicted octanol–water partition coefficient (Wildman–Crippen LogP) is 1.40. The van der Waals surface area contributed by atoms with E-state index < -0.39 is 5.97 Å². The number of carbonyl (C=O) groups is 1. The van der Waals surface area contributed by atoms with Gasteiger partial charge in [-0.15, -0.1) is 0 Å². The van der Waals surface area contributed by atoms with Crippen LogP contribution in [0.25, 0.3) is 16.8 Å². The smallest absolute Gasteiger partial charge is 0.356 e. The lowest BCUT2D eigenvalue weighted by Gasteiger charge is -2.03. The SMILES string of the molecule is Cn1ccc(-c2ccc3nc(C(=O)O)cn3c2)cc1=O. The molecule has 0 bridgehead atoms. The standard InChI is InChI=1S/C14H11N3O3/c1-16-5-4-9(6-13(16)18)10-2-3-12-15-11(14(19)20)8-17(12)7-10/h2-8H,1H3,(H,19,20). The van der Waals surface area contributed by atoms with Gasteiger partial charge in [0.1, 0.15) is 5.65 Å². The number of hydrogen-bond acceptors (Lipinski definition) is 3. The van der Waals surface area contributed by atoms with Gasteiger partial charge in [-0.05, 0) is 29.3 Å². The molecule has 0 aliphatic rings. The Morgan fingerprint density at radius 1 is 1.20 bits per heavy atom. The second-order valence-electron chi connectivity index (χ2n) is 4.48. The summed E-state index contributed by atoms with van der Waals surface area (Å²) in [5, 5.41) is 8.92. The molecule has 1 N–H and O–H groups in total. The molecule has 6 nitrogen and oxygen atoms in total. The van der Waals surface area contributed by atoms with Gasteiger partial charge >= 0.3 is 5.97 Å². The normalized spacial score (nSPS) is 10.8. The highest BCUT2D eigenvalue weighted by atomic mass is 16.4. The molecule has 3 aromatic rings. The molecule has 3 aromatic heterocycles. The summed E-state index contributed by atoms with van der Waals surface area (Å²) in [6, 6.07) is 6.90. The molecule has 100 valence electrons. The maximum absolute atomic E-state index is 11.6. The summed E-state index contributed by atoms with van der Waals surface area (Å²) in [5.41, 5.74) is 2.05. The van der Waals surface area contributed by atoms with E-state index in [0.717, 1.165) is 11.1 Å². The lowest BCUT2D eigenvalue weighted by atomic mass is 10.1. The Bertz CT molecular complexity index is 877. The van der Waals surface area contributed by atoms with E-state index in [2.05, 4.69) is 4.98 Å². The van der Waals surface area contributed by atoms with E-state index in [9.17, 15) is 9.59 Å². The first-order valence-corrected chi connectivity index (χ1v) is 5.94. The van der Waals surface area contributed by atoms with Gasteiger partial charge in [-0.25, -0.2) is 9.78 Å². The lowest BCUT2D eigenvalue weighted by molar-refractivity contribution is 0.0691. The van der Waals surface area contributed by atoms with Gasteiger partial charge in [0.25, 0.3) is 5.56 Å². The zero-order valence-corrected chi connectivity index (χ0v) is 10.6. The Kier molecular flexibility index (Phi) is 2.64. The summed E-state index contributed by atoms with van der Waals surface area (Å²) < 4.78 is 3.12. The fourth-order valence-corrected chi connectivity index (χ4v) is 1.99. The minimum absolute atomic E-state index is 0.00822. The molecule has 3 rings (SSSR count). The van der Waals surface area contributed by atoms with Crippen molar-refractivity contribution in [1.29, 1.82) is 0 Å². The summed E-state index contributed by atoms with van der Waals surface area (Å²) in [7, 11) is 1.68. The zero-order chi connectivity index (χ0) is 14.3. The Hall–Kier alpha value is -2.89. The van der Waals surface area contributed by atoms with Crippen LogP contribution in [0, 0.1) is 0 Å². The number of aromatic carboxylic acids is 1. The molecule has 0 fully saturated rings. The molecule has 0 saturated heterocycles. The van der Waals surface area contributed by atoms with E-state index in [1.54, 1.807) is 29.9 Å². The molecular weight excluding hydrogens is 258 g/mol. The second-order valence-corrected chi connectivity index (χ2v) is 4.48. The number of aryl methyl sites for hydroxylation is 1. The third kappa shape index (κ3) is 1.97. The van der Waals surface area contributed by atoms with E-state index in [4.69, 9.17) is 5.11 Å². The van der Waals surface area contributed by atoms with Crippen molar-refractivity contribution < 1.29 is 9.90 Å². The van der Waals surface area contributed by atoms with Gasteiger partial charge in [-0.3, -0.25) is 4.79 Å². The maximum atomic E-state index is 11.6. The van der Waals surface area contributed by atoms with Gasteiger partial charge in [0, 0.05) is 31.7 Å². The average Bonchev–Trinajstić information content (AvgIpc) is 2.85. The molecule has 6 heteroatoms. The molecule has 0 aliphatic carbocycles. The minimum atomic E-state index is -1.07. The first-order valence-electron chi connectivity index (χ1n) is 5.94. The summed E-state index contributed by atoms with van der Waals surface area (Å²) in [6.45, 7) is 0. The monoisotopic (exact) mass is 269 g/mol. The molecular formula is C14H11N3O3. The van der Waals surface area contributed by atoms with Crippen LogP contribution in [-0.4, -0.2) is 25.0 Å². The van der Waals surface area contributed by atoms with Crippen LogP contribution >= 0.6 is 0 Å². The van der Waals surface area contributed by atoms with Crippen LogP contribution in [0.3, 0.4) is 0 Å². The van der Waals surface area contributed by atoms with Crippen molar-refractivity contribution in [3.05, 3.63) is 58.9 Å². The number of carboxylic acids is 1. The number of aromatic nitrogens is 3. The fourth-order valence-electron chi connectivity index (χ4n) is 1.99. The molecule has 0 radical (unpaired) electrons. The Balaban J connectivity index is 2.14. The van der Waals surface area contributed by atoms with Crippen molar-refractivity contribution in [3.63, 3.8) is 0 Å². The van der Waals surface area contributed by atoms with Crippen molar-refractivity contribution in [2.45, 2.75) is 0 Å². The molecule has 20 heavy (non-hydrogen) atoms.